The number of hydrogen-bond donors (Lipinski definition) is 2. The third kappa shape index (κ3) is 7.45. The number of benzene rings is 2. The number of nitrogens with one attached hydrogen (secondary N) is 1. The van der Waals surface area contributed by atoms with Crippen LogP contribution in [0.5, 0.6) is 0 Å². The highest BCUT2D eigenvalue weighted by Gasteiger charge is 2.78. The molecule has 9 atom stereocenters. The molecule has 2 bridgehead atoms. The molecule has 1 spiro atoms. The maximum atomic E-state index is 15.0. The van der Waals surface area contributed by atoms with Gasteiger partial charge in [0.1, 0.15) is 17.7 Å². The first-order valence-corrected chi connectivity index (χ1v) is 18.8. The first-order chi connectivity index (χ1) is 24.9. The Labute approximate surface area is 318 Å². The molecule has 280 valence electrons. The summed E-state index contributed by atoms with van der Waals surface area (Å²) in [4.78, 5) is 59.8. The molecule has 3 amide bonds. The number of methoxy groups -OCH3 is 1. The number of anilines is 1. The molecule has 11 nitrogen and oxygen atoms in total. The minimum atomic E-state index is -1.44. The predicted molar refractivity (Wildman–Crippen MR) is 201 cm³/mol. The van der Waals surface area contributed by atoms with E-state index in [9.17, 15) is 24.3 Å². The largest absolute Gasteiger partial charge is 0.455 e. The van der Waals surface area contributed by atoms with Crippen molar-refractivity contribution in [2.24, 2.45) is 17.8 Å². The summed E-state index contributed by atoms with van der Waals surface area (Å²) >= 11 is 10.3. The quantitative estimate of drug-likeness (QED) is 0.130. The summed E-state index contributed by atoms with van der Waals surface area (Å²) in [5.41, 5.74) is -0.397. The number of alkyl halides is 1. The summed E-state index contributed by atoms with van der Waals surface area (Å²) in [5, 5.41) is 13.9. The van der Waals surface area contributed by atoms with Gasteiger partial charge in [-0.2, -0.15) is 0 Å². The number of amides is 3. The summed E-state index contributed by atoms with van der Waals surface area (Å²) in [6.07, 6.45) is 2.32. The number of carbonyl (C=O) groups excluding carboxylic acids is 4. The number of fused-ring (bicyclic) bond motifs is 1. The Kier molecular flexibility index (Phi) is 13.0. The fourth-order valence-corrected chi connectivity index (χ4v) is 9.15. The minimum Gasteiger partial charge on any atom is -0.455 e. The number of para-hydroxylation sites is 1. The van der Waals surface area contributed by atoms with Gasteiger partial charge in [0.2, 0.25) is 11.8 Å². The van der Waals surface area contributed by atoms with E-state index < -0.39 is 77.0 Å². The molecule has 2 N–H and O–H groups in total. The zero-order valence-electron chi connectivity index (χ0n) is 29.7. The molecule has 3 aliphatic rings. The Hall–Kier alpha value is -3.55. The van der Waals surface area contributed by atoms with Crippen LogP contribution in [-0.2, 0) is 33.4 Å². The number of likely N-dealkylation sites (tertiary alicyclic amines) is 1. The minimum absolute atomic E-state index is 0.0305. The van der Waals surface area contributed by atoms with Crippen molar-refractivity contribution >= 4 is 56.9 Å². The summed E-state index contributed by atoms with van der Waals surface area (Å²) in [5.74, 6) is -4.39. The van der Waals surface area contributed by atoms with E-state index in [4.69, 9.17) is 25.8 Å². The van der Waals surface area contributed by atoms with Crippen molar-refractivity contribution in [3.8, 4) is 0 Å². The molecular weight excluding hydrogens is 754 g/mol. The van der Waals surface area contributed by atoms with Crippen molar-refractivity contribution in [2.45, 2.75) is 73.9 Å². The Bertz CT molecular complexity index is 1640. The molecule has 3 saturated heterocycles. The van der Waals surface area contributed by atoms with Crippen molar-refractivity contribution in [3.63, 3.8) is 0 Å². The van der Waals surface area contributed by atoms with Gasteiger partial charge < -0.3 is 34.4 Å². The van der Waals surface area contributed by atoms with Crippen LogP contribution < -0.4 is 10.2 Å². The molecule has 13 heteroatoms. The molecule has 3 aliphatic heterocycles. The van der Waals surface area contributed by atoms with E-state index in [2.05, 4.69) is 34.4 Å². The summed E-state index contributed by atoms with van der Waals surface area (Å²) < 4.78 is 18.5. The number of hydrogen-bond acceptors (Lipinski definition) is 8. The Balaban J connectivity index is 1.57. The van der Waals surface area contributed by atoms with E-state index in [1.54, 1.807) is 60.7 Å². The Morgan fingerprint density at radius 1 is 1.15 bits per heavy atom. The number of allylic oxidation sites excluding steroid dienone is 1. The molecule has 0 aromatic heterocycles. The number of esters is 1. The molecule has 0 saturated carbocycles. The van der Waals surface area contributed by atoms with Crippen LogP contribution in [0.3, 0.4) is 0 Å². The molecule has 5 rings (SSSR count). The van der Waals surface area contributed by atoms with Gasteiger partial charge in [0.05, 0.1) is 53.9 Å². The van der Waals surface area contributed by atoms with Crippen molar-refractivity contribution in [2.75, 3.05) is 31.8 Å². The maximum Gasteiger partial charge on any atom is 0.313 e. The second-order valence-electron chi connectivity index (χ2n) is 13.8. The van der Waals surface area contributed by atoms with Gasteiger partial charge in [0, 0.05) is 24.9 Å². The normalized spacial score (nSPS) is 26.4. The monoisotopic (exact) mass is 799 g/mol. The smallest absolute Gasteiger partial charge is 0.313 e. The van der Waals surface area contributed by atoms with Gasteiger partial charge in [0.25, 0.3) is 5.91 Å². The lowest BCUT2D eigenvalue weighted by atomic mass is 9.70. The predicted octanol–water partition coefficient (Wildman–Crippen LogP) is 5.01. The maximum absolute atomic E-state index is 15.0. The van der Waals surface area contributed by atoms with Crippen LogP contribution in [0.1, 0.15) is 44.8 Å². The van der Waals surface area contributed by atoms with Crippen molar-refractivity contribution in [1.82, 2.24) is 10.2 Å². The third-order valence-corrected chi connectivity index (χ3v) is 11.4. The van der Waals surface area contributed by atoms with Gasteiger partial charge in [-0.15, -0.1) is 13.2 Å². The first kappa shape index (κ1) is 39.7. The molecule has 2 aromatic carbocycles. The SMILES string of the molecule is C=CCCC(=O)N[C@H](COC)[C@H](OC(=O)[C@@H]1[C@H]2O[C@@]3(CC2Br)[C@H](C(=O)N(CC=C)c2ccccc2Cl)N([C@@H](CO)C(C)C)C(=O)[C@@H]13)c1ccccc1. The van der Waals surface area contributed by atoms with E-state index >= 15 is 0 Å². The number of aliphatic hydroxyl groups excluding tert-OH is 1. The number of rotatable bonds is 17. The zero-order valence-corrected chi connectivity index (χ0v) is 32.0. The average Bonchev–Trinajstić information content (AvgIpc) is 3.72. The van der Waals surface area contributed by atoms with Crippen molar-refractivity contribution in [1.29, 1.82) is 0 Å². The van der Waals surface area contributed by atoms with E-state index in [1.807, 2.05) is 19.9 Å². The summed E-state index contributed by atoms with van der Waals surface area (Å²) in [7, 11) is 1.49. The van der Waals surface area contributed by atoms with Crippen molar-refractivity contribution in [3.05, 3.63) is 90.5 Å². The van der Waals surface area contributed by atoms with Crippen LogP contribution in [0.4, 0.5) is 5.69 Å². The van der Waals surface area contributed by atoms with Gasteiger partial charge in [-0.1, -0.05) is 96.0 Å². The fraction of sp³-hybridized carbons (Fsp3) is 0.487. The van der Waals surface area contributed by atoms with Gasteiger partial charge >= 0.3 is 5.97 Å². The van der Waals surface area contributed by atoms with Crippen LogP contribution in [0.2, 0.25) is 5.02 Å². The fourth-order valence-electron chi connectivity index (χ4n) is 7.97. The first-order valence-electron chi connectivity index (χ1n) is 17.5. The average molecular weight is 801 g/mol. The van der Waals surface area contributed by atoms with E-state index in [1.165, 1.54) is 16.9 Å². The molecule has 3 fully saturated rings. The lowest BCUT2D eigenvalue weighted by molar-refractivity contribution is -0.163. The highest BCUT2D eigenvalue weighted by molar-refractivity contribution is 9.09. The van der Waals surface area contributed by atoms with Crippen molar-refractivity contribution < 1.29 is 38.5 Å². The van der Waals surface area contributed by atoms with Gasteiger partial charge in [-0.3, -0.25) is 19.2 Å². The summed E-state index contributed by atoms with van der Waals surface area (Å²) in [6.45, 7) is 11.0. The highest BCUT2D eigenvalue weighted by atomic mass is 79.9. The van der Waals surface area contributed by atoms with Crippen LogP contribution in [0.15, 0.2) is 79.9 Å². The standard InChI is InChI=1S/C39H47BrClN3O8/c1-6-8-18-30(46)42-27(22-50-5)33(24-14-10-9-11-15-24)51-38(49)31-32-36(47)44(29(21-45)23(3)4)35(39(32)20-25(40)34(31)52-39)37(48)43(19-7-2)28-17-13-12-16-26(28)41/h6-7,9-17,23,25,27,29,31-35,45H,1-2,8,18-22H2,3-5H3,(H,42,46)/t25?,27-,29+,31+,32-,33-,34+,35+,39-/m1/s1. The molecule has 1 unspecified atom stereocenters. The van der Waals surface area contributed by atoms with Gasteiger partial charge in [-0.25, -0.2) is 0 Å². The highest BCUT2D eigenvalue weighted by Crippen LogP contribution is 2.61. The number of ether oxygens (including phenoxy) is 3. The van der Waals surface area contributed by atoms with E-state index in [0.29, 0.717) is 22.7 Å². The van der Waals surface area contributed by atoms with Crippen LogP contribution in [0, 0.1) is 17.8 Å². The Morgan fingerprint density at radius 2 is 1.85 bits per heavy atom. The van der Waals surface area contributed by atoms with E-state index in [-0.39, 0.29) is 37.8 Å². The second-order valence-corrected chi connectivity index (χ2v) is 15.4. The molecule has 2 aromatic rings. The van der Waals surface area contributed by atoms with Gasteiger partial charge in [0.15, 0.2) is 0 Å². The second kappa shape index (κ2) is 17.1. The lowest BCUT2D eigenvalue weighted by Gasteiger charge is -2.40. The lowest BCUT2D eigenvalue weighted by Crippen LogP contribution is -2.60. The topological polar surface area (TPSA) is 135 Å². The number of carbonyl (C=O) groups is 4. The molecule has 0 aliphatic carbocycles. The molecule has 3 heterocycles. The summed E-state index contributed by atoms with van der Waals surface area (Å²) in [6, 6.07) is 13.2. The van der Waals surface area contributed by atoms with Gasteiger partial charge in [-0.05, 0) is 36.5 Å². The number of aliphatic hydroxyl groups is 1. The number of nitrogens with zero attached hydrogens (tertiary/aromatic N) is 2. The molecule has 0 radical (unpaired) electrons. The van der Waals surface area contributed by atoms with Crippen LogP contribution in [-0.4, -0.2) is 95.2 Å². The zero-order chi connectivity index (χ0) is 37.7. The molecular formula is C39H47BrClN3O8. The third-order valence-electron chi connectivity index (χ3n) is 10.3. The van der Waals surface area contributed by atoms with Crippen LogP contribution >= 0.6 is 27.5 Å². The Morgan fingerprint density at radius 3 is 2.46 bits per heavy atom. The number of halogens is 2. The molecule has 52 heavy (non-hydrogen) atoms. The van der Waals surface area contributed by atoms with Crippen LogP contribution in [0.25, 0.3) is 0 Å². The van der Waals surface area contributed by atoms with E-state index in [0.717, 1.165) is 0 Å².